The fourth-order valence-electron chi connectivity index (χ4n) is 1.97. The first-order chi connectivity index (χ1) is 7.08. The Balaban J connectivity index is 2.56. The van der Waals surface area contributed by atoms with Gasteiger partial charge >= 0.3 is 0 Å². The Kier molecular flexibility index (Phi) is 4.58. The molecule has 0 saturated carbocycles. The van der Waals surface area contributed by atoms with Gasteiger partial charge in [-0.3, -0.25) is 4.79 Å². The highest BCUT2D eigenvalue weighted by Gasteiger charge is 2.30. The van der Waals surface area contributed by atoms with Crippen molar-refractivity contribution in [1.82, 2.24) is 4.90 Å². The van der Waals surface area contributed by atoms with E-state index in [-0.39, 0.29) is 11.3 Å². The van der Waals surface area contributed by atoms with Crippen LogP contribution < -0.4 is 5.73 Å². The number of rotatable bonds is 2. The highest BCUT2D eigenvalue weighted by atomic mass is 16.2. The van der Waals surface area contributed by atoms with Crippen LogP contribution in [0, 0.1) is 5.41 Å². The monoisotopic (exact) mass is 212 g/mol. The third-order valence-electron chi connectivity index (χ3n) is 3.23. The number of carbonyl (C=O) groups is 1. The summed E-state index contributed by atoms with van der Waals surface area (Å²) in [5.74, 6) is 0.229. The molecule has 0 aliphatic carbocycles. The van der Waals surface area contributed by atoms with E-state index in [4.69, 9.17) is 5.73 Å². The van der Waals surface area contributed by atoms with Crippen LogP contribution in [-0.2, 0) is 4.79 Å². The van der Waals surface area contributed by atoms with Gasteiger partial charge in [0.25, 0.3) is 0 Å². The van der Waals surface area contributed by atoms with Gasteiger partial charge in [-0.2, -0.15) is 0 Å². The van der Waals surface area contributed by atoms with Crippen LogP contribution in [0.5, 0.6) is 0 Å². The second kappa shape index (κ2) is 5.50. The lowest BCUT2D eigenvalue weighted by molar-refractivity contribution is -0.140. The van der Waals surface area contributed by atoms with E-state index in [1.165, 1.54) is 19.3 Å². The largest absolute Gasteiger partial charge is 0.342 e. The Bertz CT molecular complexity index is 206. The van der Waals surface area contributed by atoms with E-state index in [1.54, 1.807) is 0 Å². The molecule has 3 heteroatoms. The van der Waals surface area contributed by atoms with Crippen molar-refractivity contribution in [3.63, 3.8) is 0 Å². The van der Waals surface area contributed by atoms with E-state index in [2.05, 4.69) is 0 Å². The van der Waals surface area contributed by atoms with E-state index in [1.807, 2.05) is 18.7 Å². The van der Waals surface area contributed by atoms with Crippen molar-refractivity contribution < 1.29 is 4.79 Å². The zero-order valence-electron chi connectivity index (χ0n) is 10.1. The molecular formula is C12H24N2O. The normalized spacial score (nSPS) is 19.5. The molecular weight excluding hydrogens is 188 g/mol. The molecule has 1 rings (SSSR count). The molecule has 0 radical (unpaired) electrons. The molecule has 1 amide bonds. The summed E-state index contributed by atoms with van der Waals surface area (Å²) < 4.78 is 0. The van der Waals surface area contributed by atoms with E-state index in [9.17, 15) is 4.79 Å². The van der Waals surface area contributed by atoms with Crippen molar-refractivity contribution >= 4 is 5.91 Å². The molecule has 0 aromatic rings. The van der Waals surface area contributed by atoms with E-state index in [0.717, 1.165) is 25.9 Å². The fourth-order valence-corrected chi connectivity index (χ4v) is 1.97. The molecule has 2 N–H and O–H groups in total. The van der Waals surface area contributed by atoms with Crippen molar-refractivity contribution in [2.45, 2.75) is 46.0 Å². The van der Waals surface area contributed by atoms with Crippen LogP contribution in [0.2, 0.25) is 0 Å². The fraction of sp³-hybridized carbons (Fsp3) is 0.917. The zero-order valence-corrected chi connectivity index (χ0v) is 10.1. The van der Waals surface area contributed by atoms with Crippen molar-refractivity contribution in [2.24, 2.45) is 11.1 Å². The zero-order chi connectivity index (χ0) is 11.3. The quantitative estimate of drug-likeness (QED) is 0.758. The molecule has 3 nitrogen and oxygen atoms in total. The first-order valence-corrected chi connectivity index (χ1v) is 6.07. The summed E-state index contributed by atoms with van der Waals surface area (Å²) in [5, 5.41) is 0. The Morgan fingerprint density at radius 2 is 1.60 bits per heavy atom. The van der Waals surface area contributed by atoms with Gasteiger partial charge in [-0.15, -0.1) is 0 Å². The molecule has 0 unspecified atom stereocenters. The summed E-state index contributed by atoms with van der Waals surface area (Å²) in [7, 11) is 0. The van der Waals surface area contributed by atoms with Gasteiger partial charge < -0.3 is 10.6 Å². The molecule has 1 aliphatic heterocycles. The number of amides is 1. The van der Waals surface area contributed by atoms with Gasteiger partial charge in [0.1, 0.15) is 0 Å². The second-order valence-corrected chi connectivity index (χ2v) is 5.15. The maximum absolute atomic E-state index is 12.2. The van der Waals surface area contributed by atoms with Crippen LogP contribution in [-0.4, -0.2) is 30.4 Å². The molecule has 0 aromatic carbocycles. The number of hydrogen-bond acceptors (Lipinski definition) is 2. The molecule has 0 bridgehead atoms. The number of carbonyl (C=O) groups excluding carboxylic acids is 1. The van der Waals surface area contributed by atoms with E-state index < -0.39 is 0 Å². The minimum Gasteiger partial charge on any atom is -0.342 e. The van der Waals surface area contributed by atoms with Crippen molar-refractivity contribution in [3.05, 3.63) is 0 Å². The summed E-state index contributed by atoms with van der Waals surface area (Å²) in [5.41, 5.74) is 5.25. The first kappa shape index (κ1) is 12.5. The van der Waals surface area contributed by atoms with Crippen molar-refractivity contribution in [3.8, 4) is 0 Å². The predicted octanol–water partition coefficient (Wildman–Crippen LogP) is 1.76. The van der Waals surface area contributed by atoms with Gasteiger partial charge in [0.05, 0.1) is 5.41 Å². The van der Waals surface area contributed by atoms with E-state index >= 15 is 0 Å². The average molecular weight is 212 g/mol. The van der Waals surface area contributed by atoms with Crippen LogP contribution in [0.15, 0.2) is 0 Å². The highest BCUT2D eigenvalue weighted by molar-refractivity contribution is 5.82. The molecule has 1 fully saturated rings. The standard InChI is InChI=1S/C12H24N2O/c1-12(2,10-13)11(15)14-8-6-4-3-5-7-9-14/h3-10,13H2,1-2H3. The molecule has 1 aliphatic rings. The molecule has 0 atom stereocenters. The lowest BCUT2D eigenvalue weighted by Crippen LogP contribution is -2.45. The Morgan fingerprint density at radius 3 is 2.07 bits per heavy atom. The first-order valence-electron chi connectivity index (χ1n) is 6.07. The summed E-state index contributed by atoms with van der Waals surface area (Å²) in [6, 6.07) is 0. The molecule has 88 valence electrons. The third-order valence-corrected chi connectivity index (χ3v) is 3.23. The number of nitrogens with zero attached hydrogens (tertiary/aromatic N) is 1. The Hall–Kier alpha value is -0.570. The number of likely N-dealkylation sites (tertiary alicyclic amines) is 1. The Labute approximate surface area is 93.0 Å². The van der Waals surface area contributed by atoms with E-state index in [0.29, 0.717) is 6.54 Å². The van der Waals surface area contributed by atoms with Gasteiger partial charge in [-0.1, -0.05) is 19.3 Å². The van der Waals surface area contributed by atoms with Crippen LogP contribution in [0.4, 0.5) is 0 Å². The SMILES string of the molecule is CC(C)(CN)C(=O)N1CCCCCCC1. The summed E-state index contributed by atoms with van der Waals surface area (Å²) >= 11 is 0. The van der Waals surface area contributed by atoms with Gasteiger partial charge in [0.15, 0.2) is 0 Å². The van der Waals surface area contributed by atoms with Crippen LogP contribution in [0.3, 0.4) is 0 Å². The summed E-state index contributed by atoms with van der Waals surface area (Å²) in [4.78, 5) is 14.2. The summed E-state index contributed by atoms with van der Waals surface area (Å²) in [6.07, 6.45) is 6.13. The molecule has 1 heterocycles. The van der Waals surface area contributed by atoms with Gasteiger partial charge in [-0.05, 0) is 26.7 Å². The Morgan fingerprint density at radius 1 is 1.13 bits per heavy atom. The minimum absolute atomic E-state index is 0.229. The molecule has 0 aromatic heterocycles. The third kappa shape index (κ3) is 3.49. The van der Waals surface area contributed by atoms with Gasteiger partial charge in [-0.25, -0.2) is 0 Å². The molecule has 1 saturated heterocycles. The van der Waals surface area contributed by atoms with Crippen LogP contribution in [0.1, 0.15) is 46.0 Å². The molecule has 15 heavy (non-hydrogen) atoms. The highest BCUT2D eigenvalue weighted by Crippen LogP contribution is 2.19. The van der Waals surface area contributed by atoms with Crippen LogP contribution >= 0.6 is 0 Å². The lowest BCUT2D eigenvalue weighted by atomic mass is 9.91. The lowest BCUT2D eigenvalue weighted by Gasteiger charge is -2.32. The minimum atomic E-state index is -0.390. The second-order valence-electron chi connectivity index (χ2n) is 5.15. The number of hydrogen-bond donors (Lipinski definition) is 1. The van der Waals surface area contributed by atoms with Crippen molar-refractivity contribution in [1.29, 1.82) is 0 Å². The number of nitrogens with two attached hydrogens (primary N) is 1. The summed E-state index contributed by atoms with van der Waals surface area (Å²) in [6.45, 7) is 6.15. The maximum Gasteiger partial charge on any atom is 0.229 e. The predicted molar refractivity (Wildman–Crippen MR) is 62.5 cm³/mol. The maximum atomic E-state index is 12.2. The average Bonchev–Trinajstić information content (AvgIpc) is 2.16. The molecule has 0 spiro atoms. The van der Waals surface area contributed by atoms with Gasteiger partial charge in [0.2, 0.25) is 5.91 Å². The smallest absolute Gasteiger partial charge is 0.229 e. The van der Waals surface area contributed by atoms with Crippen molar-refractivity contribution in [2.75, 3.05) is 19.6 Å². The van der Waals surface area contributed by atoms with Gasteiger partial charge in [0, 0.05) is 19.6 Å². The van der Waals surface area contributed by atoms with Crippen LogP contribution in [0.25, 0.3) is 0 Å². The topological polar surface area (TPSA) is 46.3 Å².